The molecular weight excluding hydrogens is 431 g/mol. The number of carbonyl (C=O) groups excluding carboxylic acids is 2. The lowest BCUT2D eigenvalue weighted by Crippen LogP contribution is -2.39. The van der Waals surface area contributed by atoms with E-state index in [4.69, 9.17) is 4.74 Å². The summed E-state index contributed by atoms with van der Waals surface area (Å²) in [6.45, 7) is 6.08. The highest BCUT2D eigenvalue weighted by atomic mass is 19.1. The van der Waals surface area contributed by atoms with Gasteiger partial charge in [-0.05, 0) is 80.8 Å². The van der Waals surface area contributed by atoms with Crippen LogP contribution in [0.4, 0.5) is 18.9 Å². The Kier molecular flexibility index (Phi) is 6.91. The summed E-state index contributed by atoms with van der Waals surface area (Å²) in [7, 11) is 0. The molecule has 0 N–H and O–H groups in total. The van der Waals surface area contributed by atoms with Crippen LogP contribution in [-0.2, 0) is 9.53 Å². The van der Waals surface area contributed by atoms with Crippen LogP contribution in [0.3, 0.4) is 0 Å². The molecule has 3 aromatic carbocycles. The lowest BCUT2D eigenvalue weighted by atomic mass is 10.0. The van der Waals surface area contributed by atoms with E-state index in [9.17, 15) is 22.8 Å². The monoisotopic (exact) mass is 455 g/mol. The maximum Gasteiger partial charge on any atom is 0.326 e. The molecule has 0 radical (unpaired) electrons. The number of carbonyl (C=O) groups is 2. The van der Waals surface area contributed by atoms with Crippen LogP contribution in [0, 0.1) is 24.4 Å². The number of amides is 1. The molecule has 33 heavy (non-hydrogen) atoms. The van der Waals surface area contributed by atoms with Crippen LogP contribution >= 0.6 is 0 Å². The molecule has 0 spiro atoms. The Hall–Kier alpha value is -3.61. The normalized spacial score (nSPS) is 11.2. The van der Waals surface area contributed by atoms with Crippen molar-refractivity contribution in [2.45, 2.75) is 33.3 Å². The van der Waals surface area contributed by atoms with Gasteiger partial charge in [0.05, 0.1) is 0 Å². The van der Waals surface area contributed by atoms with Crippen LogP contribution in [0.1, 0.15) is 36.7 Å². The SMILES string of the molecule is Cc1cc(-c2cccc(N(CC(=O)OC(C)(C)C)C(=O)c3c(F)cccc3F)c2)ccc1F. The number of esters is 1. The van der Waals surface area contributed by atoms with Crippen molar-refractivity contribution < 1.29 is 27.5 Å². The van der Waals surface area contributed by atoms with Gasteiger partial charge in [0.1, 0.15) is 35.2 Å². The van der Waals surface area contributed by atoms with E-state index in [-0.39, 0.29) is 11.5 Å². The molecule has 4 nitrogen and oxygen atoms in total. The van der Waals surface area contributed by atoms with Crippen molar-refractivity contribution in [1.29, 1.82) is 0 Å². The molecule has 1 amide bonds. The Morgan fingerprint density at radius 3 is 2.06 bits per heavy atom. The molecule has 0 atom stereocenters. The van der Waals surface area contributed by atoms with Gasteiger partial charge in [0, 0.05) is 5.69 Å². The van der Waals surface area contributed by atoms with Crippen LogP contribution in [0.15, 0.2) is 60.7 Å². The molecule has 0 aliphatic heterocycles. The van der Waals surface area contributed by atoms with Gasteiger partial charge in [0.25, 0.3) is 5.91 Å². The molecule has 0 aliphatic carbocycles. The number of halogens is 3. The van der Waals surface area contributed by atoms with E-state index in [2.05, 4.69) is 0 Å². The zero-order valence-electron chi connectivity index (χ0n) is 18.8. The highest BCUT2D eigenvalue weighted by Crippen LogP contribution is 2.28. The first-order chi connectivity index (χ1) is 15.5. The smallest absolute Gasteiger partial charge is 0.326 e. The van der Waals surface area contributed by atoms with Gasteiger partial charge in [-0.25, -0.2) is 13.2 Å². The fourth-order valence-electron chi connectivity index (χ4n) is 3.30. The molecule has 0 heterocycles. The van der Waals surface area contributed by atoms with E-state index in [0.29, 0.717) is 16.7 Å². The first-order valence-electron chi connectivity index (χ1n) is 10.3. The average molecular weight is 455 g/mol. The number of rotatable bonds is 5. The van der Waals surface area contributed by atoms with Gasteiger partial charge >= 0.3 is 5.97 Å². The Balaban J connectivity index is 2.06. The van der Waals surface area contributed by atoms with Gasteiger partial charge < -0.3 is 4.74 Å². The van der Waals surface area contributed by atoms with Gasteiger partial charge in [-0.15, -0.1) is 0 Å². The van der Waals surface area contributed by atoms with E-state index in [1.807, 2.05) is 0 Å². The standard InChI is InChI=1S/C26H24F3NO3/c1-16-13-18(11-12-20(16)27)17-7-5-8-19(14-17)30(15-23(31)33-26(2,3)4)25(32)24-21(28)9-6-10-22(24)29/h5-14H,15H2,1-4H3. The summed E-state index contributed by atoms with van der Waals surface area (Å²) in [5.74, 6) is -4.20. The van der Waals surface area contributed by atoms with Crippen molar-refractivity contribution in [1.82, 2.24) is 0 Å². The minimum Gasteiger partial charge on any atom is -0.459 e. The minimum atomic E-state index is -1.04. The molecule has 3 aromatic rings. The van der Waals surface area contributed by atoms with E-state index in [1.54, 1.807) is 64.1 Å². The molecule has 7 heteroatoms. The van der Waals surface area contributed by atoms with Crippen molar-refractivity contribution in [2.75, 3.05) is 11.4 Å². The Morgan fingerprint density at radius 1 is 0.848 bits per heavy atom. The quantitative estimate of drug-likeness (QED) is 0.439. The number of hydrogen-bond donors (Lipinski definition) is 0. The maximum atomic E-state index is 14.4. The molecular formula is C26H24F3NO3. The summed E-state index contributed by atoms with van der Waals surface area (Å²) in [6.07, 6.45) is 0. The molecule has 0 aliphatic rings. The van der Waals surface area contributed by atoms with E-state index in [1.165, 1.54) is 6.07 Å². The number of benzene rings is 3. The maximum absolute atomic E-state index is 14.4. The second kappa shape index (κ2) is 9.48. The number of aryl methyl sites for hydroxylation is 1. The van der Waals surface area contributed by atoms with Crippen molar-refractivity contribution in [2.24, 2.45) is 0 Å². The van der Waals surface area contributed by atoms with E-state index >= 15 is 0 Å². The fourth-order valence-corrected chi connectivity index (χ4v) is 3.30. The van der Waals surface area contributed by atoms with E-state index in [0.717, 1.165) is 23.1 Å². The predicted molar refractivity (Wildman–Crippen MR) is 120 cm³/mol. The van der Waals surface area contributed by atoms with Gasteiger partial charge in [0.15, 0.2) is 0 Å². The highest BCUT2D eigenvalue weighted by Gasteiger charge is 2.28. The topological polar surface area (TPSA) is 46.6 Å². The first-order valence-corrected chi connectivity index (χ1v) is 10.3. The van der Waals surface area contributed by atoms with Crippen LogP contribution in [0.5, 0.6) is 0 Å². The molecule has 0 saturated heterocycles. The number of hydrogen-bond acceptors (Lipinski definition) is 3. The molecule has 0 fully saturated rings. The van der Waals surface area contributed by atoms with Gasteiger partial charge in [-0.1, -0.05) is 24.3 Å². The fraction of sp³-hybridized carbons (Fsp3) is 0.231. The van der Waals surface area contributed by atoms with Gasteiger partial charge in [-0.2, -0.15) is 0 Å². The van der Waals surface area contributed by atoms with Crippen molar-refractivity contribution in [3.05, 3.63) is 89.2 Å². The molecule has 0 unspecified atom stereocenters. The van der Waals surface area contributed by atoms with E-state index < -0.39 is 41.2 Å². The molecule has 172 valence electrons. The number of ether oxygens (including phenoxy) is 1. The molecule has 0 bridgehead atoms. The predicted octanol–water partition coefficient (Wildman–Crippen LogP) is 6.07. The summed E-state index contributed by atoms with van der Waals surface area (Å²) in [4.78, 5) is 26.7. The average Bonchev–Trinajstić information content (AvgIpc) is 2.72. The zero-order chi connectivity index (χ0) is 24.3. The Morgan fingerprint density at radius 2 is 1.45 bits per heavy atom. The Labute approximate surface area is 190 Å². The molecule has 3 rings (SSSR count). The third kappa shape index (κ3) is 5.80. The zero-order valence-corrected chi connectivity index (χ0v) is 18.8. The van der Waals surface area contributed by atoms with Crippen LogP contribution < -0.4 is 4.90 Å². The van der Waals surface area contributed by atoms with Gasteiger partial charge in [-0.3, -0.25) is 14.5 Å². The largest absolute Gasteiger partial charge is 0.459 e. The third-order valence-corrected chi connectivity index (χ3v) is 4.78. The second-order valence-corrected chi connectivity index (χ2v) is 8.59. The lowest BCUT2D eigenvalue weighted by molar-refractivity contribution is -0.152. The lowest BCUT2D eigenvalue weighted by Gasteiger charge is -2.26. The van der Waals surface area contributed by atoms with Crippen molar-refractivity contribution in [3.8, 4) is 11.1 Å². The molecule has 0 saturated carbocycles. The Bertz CT molecular complexity index is 1180. The highest BCUT2D eigenvalue weighted by molar-refractivity contribution is 6.09. The number of anilines is 1. The van der Waals surface area contributed by atoms with Crippen molar-refractivity contribution in [3.63, 3.8) is 0 Å². The summed E-state index contributed by atoms with van der Waals surface area (Å²) in [5, 5.41) is 0. The van der Waals surface area contributed by atoms with Crippen LogP contribution in [0.2, 0.25) is 0 Å². The third-order valence-electron chi connectivity index (χ3n) is 4.78. The number of nitrogens with zero attached hydrogens (tertiary/aromatic N) is 1. The minimum absolute atomic E-state index is 0.230. The summed E-state index contributed by atoms with van der Waals surface area (Å²) < 4.78 is 47.8. The second-order valence-electron chi connectivity index (χ2n) is 8.59. The van der Waals surface area contributed by atoms with Crippen LogP contribution in [0.25, 0.3) is 11.1 Å². The summed E-state index contributed by atoms with van der Waals surface area (Å²) >= 11 is 0. The van der Waals surface area contributed by atoms with Gasteiger partial charge in [0.2, 0.25) is 0 Å². The van der Waals surface area contributed by atoms with Crippen LogP contribution in [-0.4, -0.2) is 24.0 Å². The molecule has 0 aromatic heterocycles. The first kappa shape index (κ1) is 24.0. The summed E-state index contributed by atoms with van der Waals surface area (Å²) in [6, 6.07) is 14.2. The van der Waals surface area contributed by atoms with Crippen molar-refractivity contribution >= 4 is 17.6 Å². The summed E-state index contributed by atoms with van der Waals surface area (Å²) in [5.41, 5.74) is 0.386.